The maximum atomic E-state index is 13.4. The van der Waals surface area contributed by atoms with E-state index in [1.807, 2.05) is 36.2 Å². The first-order valence-corrected chi connectivity index (χ1v) is 10.8. The number of anilines is 3. The SMILES string of the molecule is CN(CCC(=O)N1CCO[C@@H](c2cccc(Nc3nncs3)n2)C1)c1cccc(F)c1. The summed E-state index contributed by atoms with van der Waals surface area (Å²) in [5, 5.41) is 11.5. The van der Waals surface area contributed by atoms with Crippen LogP contribution < -0.4 is 10.2 Å². The molecule has 2 aromatic heterocycles. The molecule has 1 N–H and O–H groups in total. The number of carbonyl (C=O) groups excluding carboxylic acids is 1. The highest BCUT2D eigenvalue weighted by Crippen LogP contribution is 2.24. The predicted molar refractivity (Wildman–Crippen MR) is 117 cm³/mol. The van der Waals surface area contributed by atoms with E-state index in [0.29, 0.717) is 43.6 Å². The van der Waals surface area contributed by atoms with Gasteiger partial charge in [-0.05, 0) is 30.3 Å². The lowest BCUT2D eigenvalue weighted by Crippen LogP contribution is -2.43. The lowest BCUT2D eigenvalue weighted by Gasteiger charge is -2.33. The van der Waals surface area contributed by atoms with Crippen LogP contribution in [0, 0.1) is 5.82 Å². The number of pyridine rings is 1. The van der Waals surface area contributed by atoms with Gasteiger partial charge in [0.1, 0.15) is 23.2 Å². The Morgan fingerprint density at radius 3 is 3.03 bits per heavy atom. The zero-order valence-corrected chi connectivity index (χ0v) is 17.9. The van der Waals surface area contributed by atoms with Crippen LogP contribution in [0.4, 0.5) is 21.0 Å². The molecule has 31 heavy (non-hydrogen) atoms. The van der Waals surface area contributed by atoms with Crippen molar-refractivity contribution in [2.45, 2.75) is 12.5 Å². The number of hydrogen-bond acceptors (Lipinski definition) is 8. The van der Waals surface area contributed by atoms with Crippen molar-refractivity contribution >= 4 is 33.9 Å². The molecule has 1 fully saturated rings. The number of rotatable bonds is 7. The van der Waals surface area contributed by atoms with E-state index in [2.05, 4.69) is 20.5 Å². The molecule has 3 heterocycles. The number of amides is 1. The van der Waals surface area contributed by atoms with Crippen molar-refractivity contribution in [3.05, 3.63) is 59.5 Å². The highest BCUT2D eigenvalue weighted by molar-refractivity contribution is 7.13. The zero-order chi connectivity index (χ0) is 21.6. The molecule has 1 atom stereocenters. The van der Waals surface area contributed by atoms with Crippen LogP contribution in [0.25, 0.3) is 0 Å². The number of aromatic nitrogens is 3. The molecule has 1 saturated heterocycles. The minimum Gasteiger partial charge on any atom is -0.374 e. The van der Waals surface area contributed by atoms with Crippen molar-refractivity contribution in [3.8, 4) is 0 Å². The van der Waals surface area contributed by atoms with Crippen LogP contribution in [-0.4, -0.2) is 59.3 Å². The maximum absolute atomic E-state index is 13.4. The Labute approximate surface area is 183 Å². The van der Waals surface area contributed by atoms with E-state index in [-0.39, 0.29) is 17.8 Å². The van der Waals surface area contributed by atoms with Gasteiger partial charge < -0.3 is 19.9 Å². The molecular weight excluding hydrogens is 419 g/mol. The Bertz CT molecular complexity index is 1020. The third kappa shape index (κ3) is 5.53. The summed E-state index contributed by atoms with van der Waals surface area (Å²) >= 11 is 1.39. The summed E-state index contributed by atoms with van der Waals surface area (Å²) in [6, 6.07) is 12.0. The average Bonchev–Trinajstić information content (AvgIpc) is 3.30. The Kier molecular flexibility index (Phi) is 6.68. The van der Waals surface area contributed by atoms with Gasteiger partial charge >= 0.3 is 0 Å². The summed E-state index contributed by atoms with van der Waals surface area (Å²) in [5.41, 5.74) is 3.14. The largest absolute Gasteiger partial charge is 0.374 e. The van der Waals surface area contributed by atoms with E-state index in [1.165, 1.54) is 23.5 Å². The number of nitrogens with one attached hydrogen (secondary N) is 1. The second-order valence-electron chi connectivity index (χ2n) is 7.17. The summed E-state index contributed by atoms with van der Waals surface area (Å²) in [5.74, 6) is 0.403. The summed E-state index contributed by atoms with van der Waals surface area (Å²) < 4.78 is 19.3. The van der Waals surface area contributed by atoms with Gasteiger partial charge in [-0.1, -0.05) is 23.5 Å². The minimum absolute atomic E-state index is 0.0414. The van der Waals surface area contributed by atoms with Gasteiger partial charge in [-0.2, -0.15) is 0 Å². The molecule has 4 rings (SSSR count). The first-order chi connectivity index (χ1) is 15.1. The van der Waals surface area contributed by atoms with Gasteiger partial charge in [0.05, 0.1) is 18.8 Å². The number of morpholine rings is 1. The molecule has 3 aromatic rings. The first kappa shape index (κ1) is 21.1. The molecular formula is C21H23FN6O2S. The highest BCUT2D eigenvalue weighted by Gasteiger charge is 2.26. The number of hydrogen-bond donors (Lipinski definition) is 1. The molecule has 1 aliphatic rings. The number of nitrogens with zero attached hydrogens (tertiary/aromatic N) is 5. The molecule has 0 radical (unpaired) electrons. The van der Waals surface area contributed by atoms with Crippen LogP contribution in [0.3, 0.4) is 0 Å². The zero-order valence-electron chi connectivity index (χ0n) is 17.1. The second kappa shape index (κ2) is 9.80. The molecule has 0 unspecified atom stereocenters. The average molecular weight is 443 g/mol. The van der Waals surface area contributed by atoms with Gasteiger partial charge in [0.25, 0.3) is 0 Å². The third-order valence-electron chi connectivity index (χ3n) is 5.02. The van der Waals surface area contributed by atoms with Crippen molar-refractivity contribution in [3.63, 3.8) is 0 Å². The quantitative estimate of drug-likeness (QED) is 0.601. The van der Waals surface area contributed by atoms with Crippen LogP contribution in [0.2, 0.25) is 0 Å². The highest BCUT2D eigenvalue weighted by atomic mass is 32.1. The third-order valence-corrected chi connectivity index (χ3v) is 5.63. The summed E-state index contributed by atoms with van der Waals surface area (Å²) in [6.45, 7) is 1.94. The number of ether oxygens (including phenoxy) is 1. The van der Waals surface area contributed by atoms with Crippen LogP contribution in [0.1, 0.15) is 18.2 Å². The molecule has 0 saturated carbocycles. The molecule has 0 spiro atoms. The Morgan fingerprint density at radius 1 is 1.35 bits per heavy atom. The van der Waals surface area contributed by atoms with Gasteiger partial charge in [0, 0.05) is 32.2 Å². The number of halogens is 1. The van der Waals surface area contributed by atoms with Crippen LogP contribution in [0.15, 0.2) is 48.0 Å². The van der Waals surface area contributed by atoms with Crippen LogP contribution >= 0.6 is 11.3 Å². The van der Waals surface area contributed by atoms with Gasteiger partial charge in [0.2, 0.25) is 11.0 Å². The normalized spacial score (nSPS) is 16.2. The summed E-state index contributed by atoms with van der Waals surface area (Å²) in [4.78, 5) is 21.1. The molecule has 1 aromatic carbocycles. The fourth-order valence-corrected chi connectivity index (χ4v) is 3.81. The van der Waals surface area contributed by atoms with Gasteiger partial charge in [-0.3, -0.25) is 4.79 Å². The molecule has 0 aliphatic carbocycles. The monoisotopic (exact) mass is 442 g/mol. The topological polar surface area (TPSA) is 83.5 Å². The van der Waals surface area contributed by atoms with E-state index < -0.39 is 0 Å². The molecule has 10 heteroatoms. The minimum atomic E-state index is -0.296. The van der Waals surface area contributed by atoms with Crippen LogP contribution in [-0.2, 0) is 9.53 Å². The van der Waals surface area contributed by atoms with Crippen LogP contribution in [0.5, 0.6) is 0 Å². The van der Waals surface area contributed by atoms with E-state index >= 15 is 0 Å². The van der Waals surface area contributed by atoms with Crippen molar-refractivity contribution in [1.29, 1.82) is 0 Å². The van der Waals surface area contributed by atoms with Gasteiger partial charge in [-0.15, -0.1) is 10.2 Å². The lowest BCUT2D eigenvalue weighted by atomic mass is 10.1. The van der Waals surface area contributed by atoms with Crippen molar-refractivity contribution in [2.75, 3.05) is 43.5 Å². The number of carbonyl (C=O) groups is 1. The standard InChI is InChI=1S/C21H23FN6O2S/c1-27(16-5-2-4-15(22)12-16)9-8-20(29)28-10-11-30-18(13-28)17-6-3-7-19(24-17)25-21-26-23-14-31-21/h2-7,12,14,18H,8-11,13H2,1H3,(H,24,25,26)/t18-/m1/s1. The predicted octanol–water partition coefficient (Wildman–Crippen LogP) is 3.24. The van der Waals surface area contributed by atoms with Crippen molar-refractivity contribution < 1.29 is 13.9 Å². The van der Waals surface area contributed by atoms with E-state index in [4.69, 9.17) is 4.74 Å². The summed E-state index contributed by atoms with van der Waals surface area (Å²) in [6.07, 6.45) is 0.0426. The Balaban J connectivity index is 1.34. The molecule has 1 aliphatic heterocycles. The number of benzene rings is 1. The van der Waals surface area contributed by atoms with Gasteiger partial charge in [-0.25, -0.2) is 9.37 Å². The fraction of sp³-hybridized carbons (Fsp3) is 0.333. The van der Waals surface area contributed by atoms with E-state index in [9.17, 15) is 9.18 Å². The van der Waals surface area contributed by atoms with Crippen molar-refractivity contribution in [2.24, 2.45) is 0 Å². The molecule has 1 amide bonds. The van der Waals surface area contributed by atoms with E-state index in [1.54, 1.807) is 16.5 Å². The Hall–Kier alpha value is -3.11. The van der Waals surface area contributed by atoms with Crippen molar-refractivity contribution in [1.82, 2.24) is 20.1 Å². The molecule has 162 valence electrons. The molecule has 8 nitrogen and oxygen atoms in total. The van der Waals surface area contributed by atoms with Gasteiger partial charge in [0.15, 0.2) is 0 Å². The Morgan fingerprint density at radius 2 is 2.23 bits per heavy atom. The first-order valence-electron chi connectivity index (χ1n) is 9.95. The maximum Gasteiger partial charge on any atom is 0.224 e. The second-order valence-corrected chi connectivity index (χ2v) is 8.00. The smallest absolute Gasteiger partial charge is 0.224 e. The lowest BCUT2D eigenvalue weighted by molar-refractivity contribution is -0.138. The van der Waals surface area contributed by atoms with E-state index in [0.717, 1.165) is 11.4 Å². The fourth-order valence-electron chi connectivity index (χ4n) is 3.36. The molecule has 0 bridgehead atoms. The summed E-state index contributed by atoms with van der Waals surface area (Å²) in [7, 11) is 1.85.